The van der Waals surface area contributed by atoms with Crippen LogP contribution in [0.1, 0.15) is 29.9 Å². The molecule has 1 unspecified atom stereocenters. The fourth-order valence-corrected chi connectivity index (χ4v) is 4.10. The number of ether oxygens (including phenoxy) is 1. The molecule has 8 nitrogen and oxygen atoms in total. The van der Waals surface area contributed by atoms with Gasteiger partial charge in [0.15, 0.2) is 5.65 Å². The third kappa shape index (κ3) is 3.84. The van der Waals surface area contributed by atoms with Gasteiger partial charge in [0.1, 0.15) is 17.3 Å². The predicted octanol–water partition coefficient (Wildman–Crippen LogP) is 3.27. The molecule has 1 fully saturated rings. The third-order valence-electron chi connectivity index (χ3n) is 5.57. The summed E-state index contributed by atoms with van der Waals surface area (Å²) < 4.78 is 20.8. The van der Waals surface area contributed by atoms with Crippen LogP contribution in [0.5, 0.6) is 5.88 Å². The third-order valence-corrected chi connectivity index (χ3v) is 5.57. The van der Waals surface area contributed by atoms with Crippen LogP contribution >= 0.6 is 0 Å². The zero-order valence-electron chi connectivity index (χ0n) is 17.4. The minimum atomic E-state index is -0.298. The Morgan fingerprint density at radius 2 is 2.09 bits per heavy atom. The van der Waals surface area contributed by atoms with Crippen molar-refractivity contribution in [2.45, 2.75) is 18.5 Å². The lowest BCUT2D eigenvalue weighted by Gasteiger charge is -2.25. The minimum Gasteiger partial charge on any atom is -0.481 e. The first-order chi connectivity index (χ1) is 15.6. The highest BCUT2D eigenvalue weighted by Crippen LogP contribution is 2.35. The molecular formula is C23H23FN6O2. The maximum atomic E-state index is 14.0. The van der Waals surface area contributed by atoms with Gasteiger partial charge in [-0.2, -0.15) is 0 Å². The van der Waals surface area contributed by atoms with E-state index in [9.17, 15) is 9.18 Å². The molecule has 1 amide bonds. The number of aromatic nitrogens is 4. The zero-order chi connectivity index (χ0) is 22.1. The van der Waals surface area contributed by atoms with Crippen LogP contribution in [0.25, 0.3) is 5.65 Å². The number of rotatable bonds is 5. The van der Waals surface area contributed by atoms with Crippen molar-refractivity contribution in [1.82, 2.24) is 24.9 Å². The van der Waals surface area contributed by atoms with Crippen molar-refractivity contribution in [2.75, 3.05) is 18.6 Å². The molecule has 32 heavy (non-hydrogen) atoms. The minimum absolute atomic E-state index is 0. The second kappa shape index (κ2) is 8.26. The Balaban J connectivity index is 0.00000259. The monoisotopic (exact) mass is 434 g/mol. The summed E-state index contributed by atoms with van der Waals surface area (Å²) >= 11 is 0. The lowest BCUT2D eigenvalue weighted by molar-refractivity contribution is 0.0934. The van der Waals surface area contributed by atoms with Crippen molar-refractivity contribution < 1.29 is 15.3 Å². The smallest absolute Gasteiger partial charge is 0.270 e. The Hall–Kier alpha value is -4.01. The van der Waals surface area contributed by atoms with Crippen LogP contribution in [0.2, 0.25) is 0 Å². The first kappa shape index (κ1) is 19.9. The van der Waals surface area contributed by atoms with Gasteiger partial charge in [-0.1, -0.05) is 18.2 Å². The molecular weight excluding hydrogens is 411 g/mol. The number of amides is 1. The molecule has 0 spiro atoms. The molecule has 9 heteroatoms. The van der Waals surface area contributed by atoms with E-state index in [0.717, 1.165) is 17.0 Å². The van der Waals surface area contributed by atoms with E-state index in [1.54, 1.807) is 41.2 Å². The van der Waals surface area contributed by atoms with Gasteiger partial charge in [0.05, 0.1) is 13.2 Å². The Morgan fingerprint density at radius 1 is 1.22 bits per heavy atom. The number of imidazole rings is 1. The van der Waals surface area contributed by atoms with Gasteiger partial charge in [0.2, 0.25) is 5.88 Å². The maximum absolute atomic E-state index is 14.0. The molecule has 5 rings (SSSR count). The molecule has 1 aliphatic rings. The van der Waals surface area contributed by atoms with E-state index in [1.165, 1.54) is 19.2 Å². The van der Waals surface area contributed by atoms with E-state index in [1.807, 2.05) is 18.2 Å². The van der Waals surface area contributed by atoms with Crippen LogP contribution < -0.4 is 15.0 Å². The van der Waals surface area contributed by atoms with Crippen molar-refractivity contribution in [3.63, 3.8) is 0 Å². The number of nitrogens with one attached hydrogen (secondary N) is 1. The van der Waals surface area contributed by atoms with Crippen LogP contribution in [0.3, 0.4) is 0 Å². The summed E-state index contributed by atoms with van der Waals surface area (Å²) in [5, 5.41) is 7.71. The van der Waals surface area contributed by atoms with Gasteiger partial charge in [-0.15, -0.1) is 5.10 Å². The first-order valence-corrected chi connectivity index (χ1v) is 10.2. The van der Waals surface area contributed by atoms with Gasteiger partial charge in [-0.25, -0.2) is 18.9 Å². The van der Waals surface area contributed by atoms with Gasteiger partial charge in [-0.3, -0.25) is 4.79 Å². The summed E-state index contributed by atoms with van der Waals surface area (Å²) in [6, 6.07) is 15.0. The number of hydrogen-bond acceptors (Lipinski definition) is 6. The molecule has 0 saturated carbocycles. The second-order valence-electron chi connectivity index (χ2n) is 7.62. The quantitative estimate of drug-likeness (QED) is 0.519. The number of carbonyl (C=O) groups is 1. The second-order valence-corrected chi connectivity index (χ2v) is 7.62. The van der Waals surface area contributed by atoms with E-state index >= 15 is 0 Å². The van der Waals surface area contributed by atoms with E-state index in [0.29, 0.717) is 18.8 Å². The number of benzene rings is 1. The number of pyridine rings is 1. The number of halogens is 1. The predicted molar refractivity (Wildman–Crippen MR) is 118 cm³/mol. The number of fused-ring (bicyclic) bond motifs is 1. The van der Waals surface area contributed by atoms with Gasteiger partial charge in [0, 0.05) is 32.5 Å². The molecule has 2 atom stereocenters. The Kier molecular flexibility index (Phi) is 5.14. The average Bonchev–Trinajstić information content (AvgIpc) is 3.45. The molecule has 1 saturated heterocycles. The van der Waals surface area contributed by atoms with Crippen LogP contribution in [-0.4, -0.2) is 45.2 Å². The number of nitrogens with zero attached hydrogens (tertiary/aromatic N) is 5. The van der Waals surface area contributed by atoms with E-state index in [2.05, 4.69) is 25.3 Å². The molecule has 1 aliphatic heterocycles. The van der Waals surface area contributed by atoms with Gasteiger partial charge in [-0.05, 0) is 42.3 Å². The normalized spacial score (nSPS) is 18.1. The molecule has 3 aromatic heterocycles. The zero-order valence-corrected chi connectivity index (χ0v) is 17.4. The van der Waals surface area contributed by atoms with Crippen LogP contribution in [-0.2, 0) is 0 Å². The fourth-order valence-electron chi connectivity index (χ4n) is 4.10. The molecule has 164 valence electrons. The average molecular weight is 434 g/mol. The SMILES string of the molecule is COc1cccc(C(=O)NC2C[C@H](c3cccc(F)c3)N(c3ccc4nccn4n3)C2)n1.[HH]. The summed E-state index contributed by atoms with van der Waals surface area (Å²) in [5.74, 6) is 0.516. The summed E-state index contributed by atoms with van der Waals surface area (Å²) in [5.41, 5.74) is 1.85. The largest absolute Gasteiger partial charge is 0.481 e. The maximum Gasteiger partial charge on any atom is 0.270 e. The van der Waals surface area contributed by atoms with Crippen molar-refractivity contribution in [1.29, 1.82) is 0 Å². The number of anilines is 1. The Morgan fingerprint density at radius 3 is 2.94 bits per heavy atom. The van der Waals surface area contributed by atoms with Crippen molar-refractivity contribution in [2.24, 2.45) is 0 Å². The van der Waals surface area contributed by atoms with E-state index < -0.39 is 0 Å². The Bertz CT molecular complexity index is 1280. The van der Waals surface area contributed by atoms with Gasteiger partial charge < -0.3 is 15.0 Å². The van der Waals surface area contributed by atoms with Crippen molar-refractivity contribution in [3.8, 4) is 5.88 Å². The molecule has 0 radical (unpaired) electrons. The van der Waals surface area contributed by atoms with Crippen molar-refractivity contribution in [3.05, 3.63) is 84.1 Å². The van der Waals surface area contributed by atoms with Crippen LogP contribution in [0.15, 0.2) is 67.0 Å². The highest BCUT2D eigenvalue weighted by Gasteiger charge is 2.35. The Labute approximate surface area is 185 Å². The lowest BCUT2D eigenvalue weighted by Crippen LogP contribution is -2.37. The molecule has 1 aromatic carbocycles. The van der Waals surface area contributed by atoms with Crippen LogP contribution in [0, 0.1) is 5.82 Å². The highest BCUT2D eigenvalue weighted by atomic mass is 19.1. The summed E-state index contributed by atoms with van der Waals surface area (Å²) in [6.07, 6.45) is 4.06. The van der Waals surface area contributed by atoms with Crippen molar-refractivity contribution >= 4 is 17.4 Å². The summed E-state index contributed by atoms with van der Waals surface area (Å²) in [4.78, 5) is 23.3. The lowest BCUT2D eigenvalue weighted by atomic mass is 10.0. The highest BCUT2D eigenvalue weighted by molar-refractivity contribution is 5.92. The topological polar surface area (TPSA) is 84.7 Å². The molecule has 0 bridgehead atoms. The van der Waals surface area contributed by atoms with Gasteiger partial charge in [0.25, 0.3) is 5.91 Å². The summed E-state index contributed by atoms with van der Waals surface area (Å²) in [6.45, 7) is 0.518. The number of methoxy groups -OCH3 is 1. The molecule has 4 heterocycles. The van der Waals surface area contributed by atoms with Gasteiger partial charge >= 0.3 is 0 Å². The molecule has 4 aromatic rings. The first-order valence-electron chi connectivity index (χ1n) is 10.2. The number of hydrogen-bond donors (Lipinski definition) is 1. The summed E-state index contributed by atoms with van der Waals surface area (Å²) in [7, 11) is 1.51. The number of carbonyl (C=O) groups excluding carboxylic acids is 1. The van der Waals surface area contributed by atoms with E-state index in [-0.39, 0.29) is 30.9 Å². The van der Waals surface area contributed by atoms with E-state index in [4.69, 9.17) is 4.74 Å². The molecule has 0 aliphatic carbocycles. The standard InChI is InChI=1S/C23H21FN6O2.H2/c1-32-22-7-3-6-18(27-22)23(31)26-17-13-19(15-4-2-5-16(24)12-15)29(14-17)21-9-8-20-25-10-11-30(20)28-21;/h2-12,17,19H,13-14H2,1H3,(H,26,31);1H/t17?,19-;/m1./s1. The van der Waals surface area contributed by atoms with Crippen LogP contribution in [0.4, 0.5) is 10.2 Å². The fraction of sp³-hybridized carbons (Fsp3) is 0.217. The molecule has 1 N–H and O–H groups in total.